The molecule has 1 heterocycles. The van der Waals surface area contributed by atoms with Gasteiger partial charge in [0, 0.05) is 23.1 Å². The minimum atomic E-state index is -0.664. The molecule has 0 atom stereocenters. The lowest BCUT2D eigenvalue weighted by Gasteiger charge is -2.06. The van der Waals surface area contributed by atoms with Crippen LogP contribution >= 0.6 is 0 Å². The second kappa shape index (κ2) is 5.23. The summed E-state index contributed by atoms with van der Waals surface area (Å²) in [5, 5.41) is 18.2. The van der Waals surface area contributed by atoms with Gasteiger partial charge in [0.15, 0.2) is 0 Å². The van der Waals surface area contributed by atoms with Crippen LogP contribution in [-0.4, -0.2) is 11.1 Å². The average molecular weight is 259 g/mol. The molecule has 6 heteroatoms. The Labute approximate surface area is 107 Å². The molecule has 0 aliphatic heterocycles. The maximum absolute atomic E-state index is 11.3. The van der Waals surface area contributed by atoms with E-state index in [1.54, 1.807) is 12.1 Å². The molecule has 0 saturated carbocycles. The molecule has 0 spiro atoms. The minimum Gasteiger partial charge on any atom is -0.508 e. The fraction of sp³-hybridized carbons (Fsp3) is 0.154. The van der Waals surface area contributed by atoms with Crippen molar-refractivity contribution in [2.24, 2.45) is 0 Å². The number of nitriles is 1. The van der Waals surface area contributed by atoms with Crippen molar-refractivity contribution in [1.29, 1.82) is 5.26 Å². The summed E-state index contributed by atoms with van der Waals surface area (Å²) >= 11 is 0. The van der Waals surface area contributed by atoms with Gasteiger partial charge in [-0.15, -0.1) is 0 Å². The van der Waals surface area contributed by atoms with E-state index in [9.17, 15) is 14.7 Å². The van der Waals surface area contributed by atoms with Crippen molar-refractivity contribution < 1.29 is 19.1 Å². The third kappa shape index (κ3) is 2.90. The zero-order valence-corrected chi connectivity index (χ0v) is 9.75. The van der Waals surface area contributed by atoms with Crippen LogP contribution in [0.3, 0.4) is 0 Å². The number of ether oxygens (including phenoxy) is 1. The number of fused-ring (bicyclic) bond motifs is 1. The van der Waals surface area contributed by atoms with Crippen LogP contribution in [0.2, 0.25) is 0 Å². The quantitative estimate of drug-likeness (QED) is 0.661. The minimum absolute atomic E-state index is 0.0331. The molecule has 0 saturated heterocycles. The van der Waals surface area contributed by atoms with Crippen molar-refractivity contribution in [2.75, 3.05) is 0 Å². The van der Waals surface area contributed by atoms with Gasteiger partial charge >= 0.3 is 11.6 Å². The Morgan fingerprint density at radius 1 is 1.42 bits per heavy atom. The Kier molecular flexibility index (Phi) is 3.48. The number of rotatable bonds is 3. The van der Waals surface area contributed by atoms with Gasteiger partial charge in [-0.25, -0.2) is 4.79 Å². The molecular formula is C13H9NO5. The smallest absolute Gasteiger partial charge is 0.336 e. The van der Waals surface area contributed by atoms with Gasteiger partial charge in [-0.1, -0.05) is 0 Å². The molecule has 0 radical (unpaired) electrons. The van der Waals surface area contributed by atoms with Gasteiger partial charge in [-0.2, -0.15) is 5.26 Å². The monoisotopic (exact) mass is 259 g/mol. The van der Waals surface area contributed by atoms with Crippen LogP contribution < -0.4 is 5.63 Å². The van der Waals surface area contributed by atoms with Gasteiger partial charge < -0.3 is 14.3 Å². The lowest BCUT2D eigenvalue weighted by Crippen LogP contribution is -2.06. The number of nitrogens with zero attached hydrogens (tertiary/aromatic N) is 1. The number of phenols is 1. The van der Waals surface area contributed by atoms with E-state index in [0.717, 1.165) is 0 Å². The van der Waals surface area contributed by atoms with Gasteiger partial charge in [-0.3, -0.25) is 4.79 Å². The topological polar surface area (TPSA) is 101 Å². The molecule has 0 aliphatic carbocycles. The average Bonchev–Trinajstić information content (AvgIpc) is 2.35. The van der Waals surface area contributed by atoms with Crippen LogP contribution in [0, 0.1) is 11.3 Å². The molecule has 0 fully saturated rings. The maximum Gasteiger partial charge on any atom is 0.336 e. The molecule has 96 valence electrons. The molecule has 1 aromatic heterocycles. The fourth-order valence-corrected chi connectivity index (χ4v) is 1.61. The van der Waals surface area contributed by atoms with Crippen molar-refractivity contribution in [3.8, 4) is 11.8 Å². The zero-order chi connectivity index (χ0) is 13.8. The normalized spacial score (nSPS) is 10.1. The van der Waals surface area contributed by atoms with Gasteiger partial charge in [0.25, 0.3) is 0 Å². The molecule has 0 aliphatic rings. The van der Waals surface area contributed by atoms with Crippen LogP contribution in [0.15, 0.2) is 33.5 Å². The van der Waals surface area contributed by atoms with E-state index in [-0.39, 0.29) is 24.4 Å². The molecule has 1 aromatic carbocycles. The van der Waals surface area contributed by atoms with Crippen molar-refractivity contribution >= 4 is 16.9 Å². The summed E-state index contributed by atoms with van der Waals surface area (Å²) < 4.78 is 9.79. The van der Waals surface area contributed by atoms with Crippen LogP contribution in [-0.2, 0) is 16.1 Å². The third-order valence-electron chi connectivity index (χ3n) is 2.43. The summed E-state index contributed by atoms with van der Waals surface area (Å²) in [6.07, 6.45) is -0.347. The third-order valence-corrected chi connectivity index (χ3v) is 2.43. The van der Waals surface area contributed by atoms with E-state index < -0.39 is 11.6 Å². The molecule has 2 aromatic rings. The maximum atomic E-state index is 11.3. The summed E-state index contributed by atoms with van der Waals surface area (Å²) in [6, 6.07) is 7.17. The number of benzene rings is 1. The second-order valence-electron chi connectivity index (χ2n) is 3.77. The summed E-state index contributed by atoms with van der Waals surface area (Å²) in [5.74, 6) is -0.697. The highest BCUT2D eigenvalue weighted by Crippen LogP contribution is 2.22. The Morgan fingerprint density at radius 3 is 2.95 bits per heavy atom. The van der Waals surface area contributed by atoms with Crippen molar-refractivity contribution in [2.45, 2.75) is 13.0 Å². The molecule has 0 unspecified atom stereocenters. The summed E-state index contributed by atoms with van der Waals surface area (Å²) in [7, 11) is 0. The van der Waals surface area contributed by atoms with E-state index in [1.807, 2.05) is 0 Å². The lowest BCUT2D eigenvalue weighted by atomic mass is 10.1. The standard InChI is InChI=1S/C13H9NO5/c14-4-3-12(16)18-7-8-5-13(17)19-11-6-9(15)1-2-10(8)11/h1-2,5-6,15H,3,7H2. The molecule has 2 rings (SSSR count). The van der Waals surface area contributed by atoms with Crippen LogP contribution in [0.5, 0.6) is 5.75 Å². The second-order valence-corrected chi connectivity index (χ2v) is 3.77. The van der Waals surface area contributed by atoms with Gasteiger partial charge in [-0.05, 0) is 12.1 Å². The predicted molar refractivity (Wildman–Crippen MR) is 64.2 cm³/mol. The van der Waals surface area contributed by atoms with Gasteiger partial charge in [0.1, 0.15) is 24.4 Å². The number of hydrogen-bond acceptors (Lipinski definition) is 6. The zero-order valence-electron chi connectivity index (χ0n) is 9.75. The predicted octanol–water partition coefficient (Wildman–Crippen LogP) is 1.46. The van der Waals surface area contributed by atoms with Crippen molar-refractivity contribution in [3.05, 3.63) is 40.2 Å². The molecular weight excluding hydrogens is 250 g/mol. The SMILES string of the molecule is N#CCC(=O)OCc1cc(=O)oc2cc(O)ccc12. The number of phenolic OH excluding ortho intramolecular Hbond substituents is 1. The van der Waals surface area contributed by atoms with Crippen molar-refractivity contribution in [1.82, 2.24) is 0 Å². The summed E-state index contributed by atoms with van der Waals surface area (Å²) in [6.45, 7) is -0.132. The first-order valence-corrected chi connectivity index (χ1v) is 5.38. The van der Waals surface area contributed by atoms with E-state index in [1.165, 1.54) is 18.2 Å². The number of carbonyl (C=O) groups is 1. The van der Waals surface area contributed by atoms with Gasteiger partial charge in [0.2, 0.25) is 0 Å². The van der Waals surface area contributed by atoms with Crippen LogP contribution in [0.4, 0.5) is 0 Å². The van der Waals surface area contributed by atoms with Crippen molar-refractivity contribution in [3.63, 3.8) is 0 Å². The van der Waals surface area contributed by atoms with Gasteiger partial charge in [0.05, 0.1) is 6.07 Å². The molecule has 0 bridgehead atoms. The first kappa shape index (κ1) is 12.6. The first-order valence-electron chi connectivity index (χ1n) is 5.38. The highest BCUT2D eigenvalue weighted by molar-refractivity contribution is 5.81. The Balaban J connectivity index is 2.35. The molecule has 6 nitrogen and oxygen atoms in total. The largest absolute Gasteiger partial charge is 0.508 e. The fourth-order valence-electron chi connectivity index (χ4n) is 1.61. The van der Waals surface area contributed by atoms with E-state index in [0.29, 0.717) is 10.9 Å². The van der Waals surface area contributed by atoms with Crippen LogP contribution in [0.25, 0.3) is 11.0 Å². The molecule has 19 heavy (non-hydrogen) atoms. The Bertz CT molecular complexity index is 726. The van der Waals surface area contributed by atoms with E-state index >= 15 is 0 Å². The highest BCUT2D eigenvalue weighted by atomic mass is 16.5. The first-order chi connectivity index (χ1) is 9.10. The Morgan fingerprint density at radius 2 is 2.21 bits per heavy atom. The number of carbonyl (C=O) groups excluding carboxylic acids is 1. The molecule has 0 amide bonds. The summed E-state index contributed by atoms with van der Waals surface area (Å²) in [4.78, 5) is 22.5. The molecule has 1 N–H and O–H groups in total. The Hall–Kier alpha value is -2.81. The summed E-state index contributed by atoms with van der Waals surface area (Å²) in [5.41, 5.74) is 0.0563. The lowest BCUT2D eigenvalue weighted by molar-refractivity contribution is -0.143. The highest BCUT2D eigenvalue weighted by Gasteiger charge is 2.09. The van der Waals surface area contributed by atoms with E-state index in [2.05, 4.69) is 0 Å². The van der Waals surface area contributed by atoms with E-state index in [4.69, 9.17) is 14.4 Å². The number of hydrogen-bond donors (Lipinski definition) is 1. The van der Waals surface area contributed by atoms with Crippen LogP contribution in [0.1, 0.15) is 12.0 Å². The number of aromatic hydroxyl groups is 1. The number of esters is 1.